The molecule has 4 nitrogen and oxygen atoms in total. The van der Waals surface area contributed by atoms with E-state index in [9.17, 15) is 14.4 Å². The van der Waals surface area contributed by atoms with Crippen molar-refractivity contribution in [1.82, 2.24) is 0 Å². The molecule has 37 heavy (non-hydrogen) atoms. The van der Waals surface area contributed by atoms with Gasteiger partial charge >= 0.3 is 0 Å². The smallest absolute Gasteiger partial charge is 0.239 e. The Labute approximate surface area is 221 Å². The molecule has 2 bridgehead atoms. The lowest BCUT2D eigenvalue weighted by molar-refractivity contribution is -0.134. The maximum absolute atomic E-state index is 14.7. The van der Waals surface area contributed by atoms with Gasteiger partial charge in [-0.25, -0.2) is 4.90 Å². The number of hydrogen-bond acceptors (Lipinski definition) is 3. The second-order valence-corrected chi connectivity index (χ2v) is 10.7. The summed E-state index contributed by atoms with van der Waals surface area (Å²) < 4.78 is 0. The van der Waals surface area contributed by atoms with E-state index >= 15 is 0 Å². The lowest BCUT2D eigenvalue weighted by atomic mass is 9.60. The third-order valence-corrected chi connectivity index (χ3v) is 9.45. The first-order valence-corrected chi connectivity index (χ1v) is 13.3. The van der Waals surface area contributed by atoms with E-state index in [0.29, 0.717) is 29.1 Å². The number of nitrogens with zero attached hydrogens (tertiary/aromatic N) is 1. The number of rotatable bonds is 5. The van der Waals surface area contributed by atoms with Gasteiger partial charge < -0.3 is 0 Å². The van der Waals surface area contributed by atoms with Gasteiger partial charge in [0.25, 0.3) is 0 Å². The first kappa shape index (κ1) is 23.9. The van der Waals surface area contributed by atoms with Gasteiger partial charge in [0, 0.05) is 5.02 Å². The van der Waals surface area contributed by atoms with Gasteiger partial charge in [-0.15, -0.1) is 0 Å². The highest BCUT2D eigenvalue weighted by atomic mass is 35.5. The van der Waals surface area contributed by atoms with Crippen molar-refractivity contribution >= 4 is 46.0 Å². The standard InChI is InChI=1S/C32H28ClNO3/c1-4-31-24(20-13-8-6-9-14-20)25(21-15-10-7-11-16-21)32(5-2,30(31)37)27-26(31)28(35)34(29(27)36)23-18-12-17-22(33)19(23)3/h6-18,26-27H,4-5H2,1-3H3/t26-,27+,31-,32+. The fraction of sp³-hybridized carbons (Fsp3) is 0.281. The van der Waals surface area contributed by atoms with Crippen LogP contribution in [0.15, 0.2) is 78.9 Å². The molecule has 186 valence electrons. The number of amides is 2. The predicted octanol–water partition coefficient (Wildman–Crippen LogP) is 6.75. The first-order chi connectivity index (χ1) is 17.9. The van der Waals surface area contributed by atoms with Crippen LogP contribution in [0.5, 0.6) is 0 Å². The molecule has 3 aromatic rings. The Morgan fingerprint density at radius 2 is 1.16 bits per heavy atom. The first-order valence-electron chi connectivity index (χ1n) is 12.9. The lowest BCUT2D eigenvalue weighted by Gasteiger charge is -2.38. The van der Waals surface area contributed by atoms with E-state index in [2.05, 4.69) is 0 Å². The molecule has 1 saturated carbocycles. The Kier molecular flexibility index (Phi) is 5.33. The third kappa shape index (κ3) is 2.77. The van der Waals surface area contributed by atoms with E-state index in [0.717, 1.165) is 22.3 Å². The number of benzene rings is 3. The number of ketones is 1. The van der Waals surface area contributed by atoms with Crippen molar-refractivity contribution in [2.45, 2.75) is 33.6 Å². The van der Waals surface area contributed by atoms with Crippen LogP contribution in [-0.2, 0) is 14.4 Å². The number of carbonyl (C=O) groups is 3. The van der Waals surface area contributed by atoms with Crippen molar-refractivity contribution < 1.29 is 14.4 Å². The van der Waals surface area contributed by atoms with Gasteiger partial charge in [-0.3, -0.25) is 14.4 Å². The summed E-state index contributed by atoms with van der Waals surface area (Å²) in [7, 11) is 0. The number of fused-ring (bicyclic) bond motifs is 5. The van der Waals surface area contributed by atoms with Crippen molar-refractivity contribution in [3.05, 3.63) is 101 Å². The zero-order chi connectivity index (χ0) is 26.1. The summed E-state index contributed by atoms with van der Waals surface area (Å²) in [5.41, 5.74) is 2.69. The monoisotopic (exact) mass is 509 g/mol. The summed E-state index contributed by atoms with van der Waals surface area (Å²) in [4.78, 5) is 44.7. The van der Waals surface area contributed by atoms with E-state index < -0.39 is 22.7 Å². The Balaban J connectivity index is 1.68. The van der Waals surface area contributed by atoms with Gasteiger partial charge in [-0.1, -0.05) is 92.2 Å². The SMILES string of the molecule is CC[C@]12C(=O)[C@](CC)(C(c3ccccc3)=C1c1ccccc1)[C@H]1C(=O)N(c3cccc(Cl)c3C)C(=O)[C@H]12. The molecule has 0 spiro atoms. The van der Waals surface area contributed by atoms with Gasteiger partial charge in [-0.05, 0) is 59.7 Å². The van der Waals surface area contributed by atoms with Crippen LogP contribution in [0.25, 0.3) is 11.1 Å². The fourth-order valence-corrected chi connectivity index (χ4v) is 7.70. The molecule has 1 heterocycles. The molecule has 2 fully saturated rings. The molecule has 5 heteroatoms. The number of Topliss-reactive ketones (excluding diaryl/α,β-unsaturated/α-hetero) is 1. The van der Waals surface area contributed by atoms with Crippen molar-refractivity contribution in [1.29, 1.82) is 0 Å². The Morgan fingerprint density at radius 1 is 0.703 bits per heavy atom. The highest BCUT2D eigenvalue weighted by Crippen LogP contribution is 2.75. The summed E-state index contributed by atoms with van der Waals surface area (Å²) in [5.74, 6) is -2.09. The second-order valence-electron chi connectivity index (χ2n) is 10.3. The molecule has 1 saturated heterocycles. The molecule has 2 aliphatic carbocycles. The summed E-state index contributed by atoms with van der Waals surface area (Å²) >= 11 is 6.41. The zero-order valence-electron chi connectivity index (χ0n) is 21.1. The zero-order valence-corrected chi connectivity index (χ0v) is 21.9. The molecule has 4 atom stereocenters. The third-order valence-electron chi connectivity index (χ3n) is 9.04. The van der Waals surface area contributed by atoms with E-state index in [4.69, 9.17) is 11.6 Å². The molecular formula is C32H28ClNO3. The van der Waals surface area contributed by atoms with Crippen LogP contribution >= 0.6 is 11.6 Å². The van der Waals surface area contributed by atoms with Crippen LogP contribution in [0.4, 0.5) is 5.69 Å². The number of allylic oxidation sites excluding steroid dienone is 2. The Morgan fingerprint density at radius 3 is 1.59 bits per heavy atom. The van der Waals surface area contributed by atoms with Gasteiger partial charge in [-0.2, -0.15) is 0 Å². The predicted molar refractivity (Wildman–Crippen MR) is 146 cm³/mol. The molecule has 0 N–H and O–H groups in total. The van der Waals surface area contributed by atoms with Gasteiger partial charge in [0.2, 0.25) is 11.8 Å². The van der Waals surface area contributed by atoms with Crippen molar-refractivity contribution in [3.8, 4) is 0 Å². The molecule has 0 aromatic heterocycles. The van der Waals surface area contributed by atoms with Gasteiger partial charge in [0.05, 0.1) is 28.4 Å². The van der Waals surface area contributed by atoms with Gasteiger partial charge in [0.15, 0.2) is 5.78 Å². The summed E-state index contributed by atoms with van der Waals surface area (Å²) in [6.45, 7) is 5.77. The van der Waals surface area contributed by atoms with Crippen LogP contribution in [0.1, 0.15) is 43.4 Å². The number of anilines is 1. The molecule has 2 amide bonds. The summed E-state index contributed by atoms with van der Waals surface area (Å²) in [5, 5.41) is 0.498. The second kappa shape index (κ2) is 8.26. The lowest BCUT2D eigenvalue weighted by Crippen LogP contribution is -2.42. The molecule has 1 aliphatic heterocycles. The average Bonchev–Trinajstić information content (AvgIpc) is 3.42. The Hall–Kier alpha value is -3.50. The fourth-order valence-electron chi connectivity index (χ4n) is 7.53. The minimum absolute atomic E-state index is 0.0156. The van der Waals surface area contributed by atoms with Crippen molar-refractivity contribution in [3.63, 3.8) is 0 Å². The van der Waals surface area contributed by atoms with Crippen LogP contribution in [0.3, 0.4) is 0 Å². The maximum atomic E-state index is 14.7. The highest BCUT2D eigenvalue weighted by molar-refractivity contribution is 6.36. The highest BCUT2D eigenvalue weighted by Gasteiger charge is 2.80. The molecular weight excluding hydrogens is 482 g/mol. The minimum Gasteiger partial charge on any atom is -0.298 e. The maximum Gasteiger partial charge on any atom is 0.239 e. The van der Waals surface area contributed by atoms with Crippen LogP contribution in [0, 0.1) is 29.6 Å². The van der Waals surface area contributed by atoms with Crippen LogP contribution in [0.2, 0.25) is 5.02 Å². The topological polar surface area (TPSA) is 54.5 Å². The summed E-state index contributed by atoms with van der Waals surface area (Å²) in [6, 6.07) is 25.1. The van der Waals surface area contributed by atoms with Crippen LogP contribution in [-0.4, -0.2) is 17.6 Å². The number of halogens is 1. The van der Waals surface area contributed by atoms with E-state index in [1.54, 1.807) is 18.2 Å². The number of imide groups is 1. The molecule has 0 unspecified atom stereocenters. The van der Waals surface area contributed by atoms with Crippen molar-refractivity contribution in [2.24, 2.45) is 22.7 Å². The largest absolute Gasteiger partial charge is 0.298 e. The Bertz CT molecular complexity index is 1410. The van der Waals surface area contributed by atoms with Crippen LogP contribution < -0.4 is 4.90 Å². The van der Waals surface area contributed by atoms with E-state index in [1.807, 2.05) is 81.4 Å². The van der Waals surface area contributed by atoms with Gasteiger partial charge in [0.1, 0.15) is 0 Å². The van der Waals surface area contributed by atoms with E-state index in [1.165, 1.54) is 4.90 Å². The average molecular weight is 510 g/mol. The summed E-state index contributed by atoms with van der Waals surface area (Å²) in [6.07, 6.45) is 0.882. The molecule has 3 aromatic carbocycles. The molecule has 3 aliphatic rings. The number of hydrogen-bond donors (Lipinski definition) is 0. The molecule has 0 radical (unpaired) electrons. The van der Waals surface area contributed by atoms with Crippen molar-refractivity contribution in [2.75, 3.05) is 4.90 Å². The number of carbonyl (C=O) groups excluding carboxylic acids is 3. The molecule has 6 rings (SSSR count). The quantitative estimate of drug-likeness (QED) is 0.357. The minimum atomic E-state index is -1.08. The van der Waals surface area contributed by atoms with E-state index in [-0.39, 0.29) is 17.6 Å². The normalized spacial score (nSPS) is 28.4.